The van der Waals surface area contributed by atoms with Crippen LogP contribution >= 0.6 is 11.6 Å². The fourth-order valence-electron chi connectivity index (χ4n) is 2.51. The van der Waals surface area contributed by atoms with Crippen molar-refractivity contribution in [2.75, 3.05) is 5.73 Å². The third-order valence-corrected chi connectivity index (χ3v) is 3.82. The summed E-state index contributed by atoms with van der Waals surface area (Å²) in [6.45, 7) is 0. The van der Waals surface area contributed by atoms with Crippen molar-refractivity contribution in [1.29, 1.82) is 5.26 Å². The number of benzene rings is 1. The SMILES string of the molecule is N#CC1CCC(CC(=O)c2cc(N)ccc2Cl)C1. The Bertz CT molecular complexity index is 507. The molecule has 94 valence electrons. The molecule has 2 N–H and O–H groups in total. The van der Waals surface area contributed by atoms with Crippen LogP contribution in [0.4, 0.5) is 5.69 Å². The molecule has 0 radical (unpaired) electrons. The molecule has 0 aliphatic heterocycles. The predicted octanol–water partition coefficient (Wildman–Crippen LogP) is 3.43. The second-order valence-electron chi connectivity index (χ2n) is 4.87. The molecule has 0 spiro atoms. The number of hydrogen-bond acceptors (Lipinski definition) is 3. The van der Waals surface area contributed by atoms with E-state index in [1.54, 1.807) is 18.2 Å². The number of anilines is 1. The Morgan fingerprint density at radius 2 is 2.28 bits per heavy atom. The molecule has 0 amide bonds. The second-order valence-corrected chi connectivity index (χ2v) is 5.28. The molecule has 1 fully saturated rings. The number of carbonyl (C=O) groups excluding carboxylic acids is 1. The number of ketones is 1. The van der Waals surface area contributed by atoms with Crippen molar-refractivity contribution >= 4 is 23.1 Å². The molecule has 2 unspecified atom stereocenters. The summed E-state index contributed by atoms with van der Waals surface area (Å²) in [5.41, 5.74) is 6.71. The lowest BCUT2D eigenvalue weighted by atomic mass is 9.96. The maximum atomic E-state index is 12.1. The van der Waals surface area contributed by atoms with Crippen LogP contribution in [0.3, 0.4) is 0 Å². The molecular formula is C14H15ClN2O. The van der Waals surface area contributed by atoms with E-state index in [9.17, 15) is 4.79 Å². The summed E-state index contributed by atoms with van der Waals surface area (Å²) in [7, 11) is 0. The number of hydrogen-bond donors (Lipinski definition) is 1. The molecule has 18 heavy (non-hydrogen) atoms. The molecule has 1 aliphatic rings. The summed E-state index contributed by atoms with van der Waals surface area (Å²) in [6.07, 6.45) is 3.13. The Kier molecular flexibility index (Phi) is 3.88. The Morgan fingerprint density at radius 1 is 1.50 bits per heavy atom. The van der Waals surface area contributed by atoms with Gasteiger partial charge in [0.05, 0.1) is 11.1 Å². The molecule has 1 aliphatic carbocycles. The standard InChI is InChI=1S/C14H15ClN2O/c15-13-4-3-11(17)7-12(13)14(18)6-9-1-2-10(5-9)8-16/h3-4,7,9-10H,1-2,5-6,17H2. The van der Waals surface area contributed by atoms with E-state index in [1.165, 1.54) is 0 Å². The molecule has 1 aromatic carbocycles. The molecule has 2 rings (SSSR count). The number of nitriles is 1. The monoisotopic (exact) mass is 262 g/mol. The van der Waals surface area contributed by atoms with Crippen molar-refractivity contribution < 1.29 is 4.79 Å². The molecule has 0 saturated heterocycles. The van der Waals surface area contributed by atoms with E-state index in [-0.39, 0.29) is 11.7 Å². The first kappa shape index (κ1) is 12.9. The summed E-state index contributed by atoms with van der Waals surface area (Å²) >= 11 is 6.00. The smallest absolute Gasteiger partial charge is 0.164 e. The van der Waals surface area contributed by atoms with E-state index in [4.69, 9.17) is 22.6 Å². The third kappa shape index (κ3) is 2.83. The van der Waals surface area contributed by atoms with Crippen LogP contribution in [0, 0.1) is 23.2 Å². The van der Waals surface area contributed by atoms with Crippen molar-refractivity contribution in [3.63, 3.8) is 0 Å². The highest BCUT2D eigenvalue weighted by atomic mass is 35.5. The van der Waals surface area contributed by atoms with Gasteiger partial charge in [0.2, 0.25) is 0 Å². The normalized spacial score (nSPS) is 22.7. The molecule has 1 aromatic rings. The first-order valence-electron chi connectivity index (χ1n) is 6.08. The van der Waals surface area contributed by atoms with Crippen LogP contribution in [0.1, 0.15) is 36.0 Å². The minimum atomic E-state index is 0.0240. The zero-order chi connectivity index (χ0) is 13.1. The third-order valence-electron chi connectivity index (χ3n) is 3.49. The van der Waals surface area contributed by atoms with Crippen LogP contribution in [0.25, 0.3) is 0 Å². The summed E-state index contributed by atoms with van der Waals surface area (Å²) in [4.78, 5) is 12.1. The Labute approximate surface area is 112 Å². The predicted molar refractivity (Wildman–Crippen MR) is 71.3 cm³/mol. The fraction of sp³-hybridized carbons (Fsp3) is 0.429. The van der Waals surface area contributed by atoms with Gasteiger partial charge in [-0.2, -0.15) is 5.26 Å². The number of nitrogens with two attached hydrogens (primary N) is 1. The van der Waals surface area contributed by atoms with Gasteiger partial charge in [0, 0.05) is 23.6 Å². The number of Topliss-reactive ketones (excluding diaryl/α,β-unsaturated/α-hetero) is 1. The van der Waals surface area contributed by atoms with Crippen molar-refractivity contribution in [3.8, 4) is 6.07 Å². The van der Waals surface area contributed by atoms with Crippen LogP contribution in [0.2, 0.25) is 5.02 Å². The number of rotatable bonds is 3. The zero-order valence-electron chi connectivity index (χ0n) is 10.0. The van der Waals surface area contributed by atoms with Gasteiger partial charge in [-0.3, -0.25) is 4.79 Å². The number of carbonyl (C=O) groups is 1. The van der Waals surface area contributed by atoms with Gasteiger partial charge in [0.15, 0.2) is 5.78 Å². The molecule has 0 bridgehead atoms. The minimum Gasteiger partial charge on any atom is -0.399 e. The molecular weight excluding hydrogens is 248 g/mol. The van der Waals surface area contributed by atoms with Crippen molar-refractivity contribution in [2.24, 2.45) is 11.8 Å². The molecule has 3 nitrogen and oxygen atoms in total. The van der Waals surface area contributed by atoms with E-state index in [1.807, 2.05) is 0 Å². The topological polar surface area (TPSA) is 66.9 Å². The fourth-order valence-corrected chi connectivity index (χ4v) is 2.73. The summed E-state index contributed by atoms with van der Waals surface area (Å²) in [5.74, 6) is 0.439. The van der Waals surface area contributed by atoms with Crippen molar-refractivity contribution in [1.82, 2.24) is 0 Å². The van der Waals surface area contributed by atoms with E-state index < -0.39 is 0 Å². The lowest BCUT2D eigenvalue weighted by molar-refractivity contribution is 0.0962. The highest BCUT2D eigenvalue weighted by Crippen LogP contribution is 2.34. The maximum Gasteiger partial charge on any atom is 0.164 e. The highest BCUT2D eigenvalue weighted by Gasteiger charge is 2.27. The van der Waals surface area contributed by atoms with Gasteiger partial charge in [-0.05, 0) is 43.4 Å². The quantitative estimate of drug-likeness (QED) is 0.670. The Balaban J connectivity index is 2.04. The summed E-state index contributed by atoms with van der Waals surface area (Å²) in [6, 6.07) is 7.23. The summed E-state index contributed by atoms with van der Waals surface area (Å²) in [5, 5.41) is 9.29. The van der Waals surface area contributed by atoms with Crippen LogP contribution in [-0.2, 0) is 0 Å². The van der Waals surface area contributed by atoms with Crippen LogP contribution in [-0.4, -0.2) is 5.78 Å². The number of halogens is 1. The first-order chi connectivity index (χ1) is 8.60. The first-order valence-corrected chi connectivity index (χ1v) is 6.45. The Hall–Kier alpha value is -1.53. The average molecular weight is 263 g/mol. The summed E-state index contributed by atoms with van der Waals surface area (Å²) < 4.78 is 0. The minimum absolute atomic E-state index is 0.0240. The van der Waals surface area contributed by atoms with Gasteiger partial charge in [0.25, 0.3) is 0 Å². The maximum absolute atomic E-state index is 12.1. The average Bonchev–Trinajstić information content (AvgIpc) is 2.80. The van der Waals surface area contributed by atoms with Gasteiger partial charge < -0.3 is 5.73 Å². The lowest BCUT2D eigenvalue weighted by Crippen LogP contribution is -2.07. The largest absolute Gasteiger partial charge is 0.399 e. The van der Waals surface area contributed by atoms with Crippen LogP contribution in [0.5, 0.6) is 0 Å². The van der Waals surface area contributed by atoms with Gasteiger partial charge in [-0.1, -0.05) is 11.6 Å². The zero-order valence-corrected chi connectivity index (χ0v) is 10.8. The molecule has 1 saturated carbocycles. The van der Waals surface area contributed by atoms with Crippen molar-refractivity contribution in [3.05, 3.63) is 28.8 Å². The van der Waals surface area contributed by atoms with Crippen molar-refractivity contribution in [2.45, 2.75) is 25.7 Å². The van der Waals surface area contributed by atoms with Gasteiger partial charge >= 0.3 is 0 Å². The van der Waals surface area contributed by atoms with Crippen LogP contribution < -0.4 is 5.73 Å². The molecule has 0 heterocycles. The van der Waals surface area contributed by atoms with Crippen LogP contribution in [0.15, 0.2) is 18.2 Å². The van der Waals surface area contributed by atoms with E-state index >= 15 is 0 Å². The van der Waals surface area contributed by atoms with E-state index in [2.05, 4.69) is 6.07 Å². The van der Waals surface area contributed by atoms with E-state index in [0.717, 1.165) is 19.3 Å². The number of nitrogens with zero attached hydrogens (tertiary/aromatic N) is 1. The lowest BCUT2D eigenvalue weighted by Gasteiger charge is -2.09. The highest BCUT2D eigenvalue weighted by molar-refractivity contribution is 6.34. The van der Waals surface area contributed by atoms with E-state index in [0.29, 0.717) is 28.6 Å². The van der Waals surface area contributed by atoms with Gasteiger partial charge in [0.1, 0.15) is 0 Å². The molecule has 2 atom stereocenters. The molecule has 4 heteroatoms. The molecule has 0 aromatic heterocycles. The van der Waals surface area contributed by atoms with Gasteiger partial charge in [-0.15, -0.1) is 0 Å². The second kappa shape index (κ2) is 5.41. The Morgan fingerprint density at radius 3 is 2.94 bits per heavy atom. The number of nitrogen functional groups attached to an aromatic ring is 1. The van der Waals surface area contributed by atoms with Gasteiger partial charge in [-0.25, -0.2) is 0 Å².